The Morgan fingerprint density at radius 3 is 2.32 bits per heavy atom. The van der Waals surface area contributed by atoms with Gasteiger partial charge in [0, 0.05) is 5.02 Å². The third-order valence-electron chi connectivity index (χ3n) is 5.72. The quantitative estimate of drug-likeness (QED) is 0.149. The second-order valence-electron chi connectivity index (χ2n) is 8.62. The van der Waals surface area contributed by atoms with Gasteiger partial charge < -0.3 is 9.47 Å². The Labute approximate surface area is 249 Å². The van der Waals surface area contributed by atoms with Crippen molar-refractivity contribution in [3.63, 3.8) is 0 Å². The third-order valence-corrected chi connectivity index (χ3v) is 8.06. The lowest BCUT2D eigenvalue weighted by molar-refractivity contribution is -0.119. The number of amides is 1. The van der Waals surface area contributed by atoms with Crippen LogP contribution in [0.4, 0.5) is 5.69 Å². The lowest BCUT2D eigenvalue weighted by Gasteiger charge is -2.24. The van der Waals surface area contributed by atoms with E-state index in [9.17, 15) is 13.2 Å². The van der Waals surface area contributed by atoms with E-state index in [-0.39, 0.29) is 15.6 Å². The lowest BCUT2D eigenvalue weighted by Crippen LogP contribution is -2.39. The van der Waals surface area contributed by atoms with Crippen molar-refractivity contribution in [1.29, 1.82) is 0 Å². The van der Waals surface area contributed by atoms with Crippen molar-refractivity contribution >= 4 is 51.0 Å². The number of benzene rings is 4. The van der Waals surface area contributed by atoms with E-state index in [1.807, 2.05) is 19.1 Å². The molecule has 41 heavy (non-hydrogen) atoms. The van der Waals surface area contributed by atoms with Gasteiger partial charge in [0.05, 0.1) is 28.4 Å². The van der Waals surface area contributed by atoms with Gasteiger partial charge in [0.1, 0.15) is 13.2 Å². The lowest BCUT2D eigenvalue weighted by atomic mass is 10.2. The van der Waals surface area contributed by atoms with Gasteiger partial charge in [-0.25, -0.2) is 13.8 Å². The van der Waals surface area contributed by atoms with Crippen LogP contribution < -0.4 is 19.2 Å². The number of hydrogen-bond donors (Lipinski definition) is 1. The average molecular weight is 613 g/mol. The van der Waals surface area contributed by atoms with Crippen LogP contribution >= 0.6 is 23.2 Å². The minimum absolute atomic E-state index is 0.0260. The number of nitrogens with zero attached hydrogens (tertiary/aromatic N) is 2. The molecule has 11 heteroatoms. The molecule has 0 aliphatic heterocycles. The summed E-state index contributed by atoms with van der Waals surface area (Å²) in [5.41, 5.74) is 4.15. The molecule has 8 nitrogen and oxygen atoms in total. The molecule has 0 bridgehead atoms. The number of halogens is 2. The zero-order valence-electron chi connectivity index (χ0n) is 22.0. The Hall–Kier alpha value is -4.05. The van der Waals surface area contributed by atoms with Crippen LogP contribution in [-0.4, -0.2) is 33.7 Å². The van der Waals surface area contributed by atoms with Gasteiger partial charge in [0.2, 0.25) is 0 Å². The maximum atomic E-state index is 13.4. The van der Waals surface area contributed by atoms with E-state index in [1.165, 1.54) is 24.4 Å². The van der Waals surface area contributed by atoms with Crippen molar-refractivity contribution in [3.8, 4) is 11.5 Å². The summed E-state index contributed by atoms with van der Waals surface area (Å²) in [5, 5.41) is 4.84. The second-order valence-corrected chi connectivity index (χ2v) is 11.3. The predicted octanol–water partition coefficient (Wildman–Crippen LogP) is 6.32. The van der Waals surface area contributed by atoms with Gasteiger partial charge in [0.15, 0.2) is 11.5 Å². The van der Waals surface area contributed by atoms with Gasteiger partial charge in [-0.3, -0.25) is 9.10 Å². The van der Waals surface area contributed by atoms with Crippen LogP contribution in [0.5, 0.6) is 11.5 Å². The van der Waals surface area contributed by atoms with Gasteiger partial charge in [0.25, 0.3) is 15.9 Å². The normalized spacial score (nSPS) is 11.3. The number of anilines is 1. The minimum Gasteiger partial charge on any atom is -0.490 e. The molecular formula is C30H27Cl2N3O5S. The molecule has 0 saturated heterocycles. The fourth-order valence-corrected chi connectivity index (χ4v) is 5.63. The molecule has 4 aromatic rings. The van der Waals surface area contributed by atoms with Crippen LogP contribution in [0.3, 0.4) is 0 Å². The summed E-state index contributed by atoms with van der Waals surface area (Å²) >= 11 is 12.2. The highest BCUT2D eigenvalue weighted by molar-refractivity contribution is 7.92. The van der Waals surface area contributed by atoms with E-state index >= 15 is 0 Å². The summed E-state index contributed by atoms with van der Waals surface area (Å²) in [5.74, 6) is 0.397. The van der Waals surface area contributed by atoms with Crippen molar-refractivity contribution < 1.29 is 22.7 Å². The first kappa shape index (κ1) is 29.9. The molecular weight excluding hydrogens is 585 g/mol. The molecule has 0 heterocycles. The molecule has 4 rings (SSSR count). The van der Waals surface area contributed by atoms with E-state index < -0.39 is 22.5 Å². The first-order valence-electron chi connectivity index (χ1n) is 12.6. The molecule has 212 valence electrons. The Kier molecular flexibility index (Phi) is 10.2. The number of nitrogens with one attached hydrogen (secondary N) is 1. The molecule has 0 saturated carbocycles. The van der Waals surface area contributed by atoms with E-state index in [0.717, 1.165) is 9.87 Å². The Morgan fingerprint density at radius 2 is 1.61 bits per heavy atom. The van der Waals surface area contributed by atoms with Crippen molar-refractivity contribution in [3.05, 3.63) is 118 Å². The number of rotatable bonds is 12. The molecule has 0 aliphatic rings. The van der Waals surface area contributed by atoms with Crippen LogP contribution in [0.1, 0.15) is 18.1 Å². The van der Waals surface area contributed by atoms with E-state index in [4.69, 9.17) is 32.7 Å². The Bertz CT molecular complexity index is 1620. The highest BCUT2D eigenvalue weighted by Gasteiger charge is 2.28. The molecule has 0 aromatic heterocycles. The number of para-hydroxylation sites is 1. The summed E-state index contributed by atoms with van der Waals surface area (Å²) in [7, 11) is -4.09. The smallest absolute Gasteiger partial charge is 0.264 e. The highest BCUT2D eigenvalue weighted by Crippen LogP contribution is 2.31. The molecule has 0 radical (unpaired) electrons. The fourth-order valence-electron chi connectivity index (χ4n) is 3.75. The molecule has 0 aliphatic carbocycles. The number of hydrazone groups is 1. The zero-order chi connectivity index (χ0) is 29.2. The number of ether oxygens (including phenoxy) is 2. The summed E-state index contributed by atoms with van der Waals surface area (Å²) in [4.78, 5) is 12.9. The summed E-state index contributed by atoms with van der Waals surface area (Å²) in [6.07, 6.45) is 1.43. The molecule has 0 spiro atoms. The number of hydrogen-bond acceptors (Lipinski definition) is 6. The number of carbonyl (C=O) groups excluding carboxylic acids is 1. The SMILES string of the molecule is CCOc1cc(/C=N\NC(=O)CN(c2ccccc2Cl)S(=O)(=O)c2ccccc2)ccc1OCc1ccc(Cl)cc1. The van der Waals surface area contributed by atoms with Crippen molar-refractivity contribution in [1.82, 2.24) is 5.43 Å². The monoisotopic (exact) mass is 611 g/mol. The summed E-state index contributed by atoms with van der Waals surface area (Å²) in [6, 6.07) is 26.8. The maximum absolute atomic E-state index is 13.4. The van der Waals surface area contributed by atoms with Gasteiger partial charge in [-0.15, -0.1) is 0 Å². The van der Waals surface area contributed by atoms with Crippen molar-refractivity contribution in [2.75, 3.05) is 17.5 Å². The largest absolute Gasteiger partial charge is 0.490 e. The van der Waals surface area contributed by atoms with Gasteiger partial charge in [-0.1, -0.05) is 65.7 Å². The first-order valence-corrected chi connectivity index (χ1v) is 14.8. The van der Waals surface area contributed by atoms with Crippen molar-refractivity contribution in [2.24, 2.45) is 5.10 Å². The molecule has 0 atom stereocenters. The van der Waals surface area contributed by atoms with Crippen molar-refractivity contribution in [2.45, 2.75) is 18.4 Å². The molecule has 0 fully saturated rings. The summed E-state index contributed by atoms with van der Waals surface area (Å²) < 4.78 is 39.4. The van der Waals surface area contributed by atoms with Crippen LogP contribution in [0, 0.1) is 0 Å². The molecule has 4 aromatic carbocycles. The Morgan fingerprint density at radius 1 is 0.902 bits per heavy atom. The zero-order valence-corrected chi connectivity index (χ0v) is 24.4. The van der Waals surface area contributed by atoms with Gasteiger partial charge >= 0.3 is 0 Å². The van der Waals surface area contributed by atoms with E-state index in [1.54, 1.807) is 66.7 Å². The second kappa shape index (κ2) is 14.0. The predicted molar refractivity (Wildman–Crippen MR) is 162 cm³/mol. The highest BCUT2D eigenvalue weighted by atomic mass is 35.5. The van der Waals surface area contributed by atoms with Gasteiger partial charge in [-0.2, -0.15) is 5.10 Å². The molecule has 1 N–H and O–H groups in total. The first-order chi connectivity index (χ1) is 19.8. The fraction of sp³-hybridized carbons (Fsp3) is 0.133. The number of carbonyl (C=O) groups is 1. The standard InChI is InChI=1S/C30H27Cl2N3O5S/c1-2-39-29-18-23(14-17-28(29)40-21-22-12-15-24(31)16-13-22)19-33-34-30(36)20-35(27-11-7-6-10-26(27)32)41(37,38)25-8-4-3-5-9-25/h3-19H,2,20-21H2,1H3,(H,34,36)/b33-19-. The van der Waals surface area contributed by atoms with Crippen LogP contribution in [0.2, 0.25) is 10.0 Å². The van der Waals surface area contributed by atoms with Crippen LogP contribution in [0.15, 0.2) is 107 Å². The van der Waals surface area contributed by atoms with Crippen LogP contribution in [-0.2, 0) is 21.4 Å². The van der Waals surface area contributed by atoms with Crippen LogP contribution in [0.25, 0.3) is 0 Å². The molecule has 1 amide bonds. The molecule has 0 unspecified atom stereocenters. The Balaban J connectivity index is 1.46. The van der Waals surface area contributed by atoms with Gasteiger partial charge in [-0.05, 0) is 72.6 Å². The third kappa shape index (κ3) is 8.00. The van der Waals surface area contributed by atoms with E-state index in [2.05, 4.69) is 10.5 Å². The maximum Gasteiger partial charge on any atom is 0.264 e. The average Bonchev–Trinajstić information content (AvgIpc) is 2.97. The topological polar surface area (TPSA) is 97.3 Å². The number of sulfonamides is 1. The summed E-state index contributed by atoms with van der Waals surface area (Å²) in [6.45, 7) is 2.06. The minimum atomic E-state index is -4.09. The van der Waals surface area contributed by atoms with E-state index in [0.29, 0.717) is 35.3 Å².